The molecule has 770 valence electrons. The monoisotopic (exact) mass is 2220 g/mol. The number of ketones is 1. The maximum atomic E-state index is 12.9. The summed E-state index contributed by atoms with van der Waals surface area (Å²) in [5.41, 5.74) is 41.7. The van der Waals surface area contributed by atoms with Crippen molar-refractivity contribution in [1.29, 1.82) is 0 Å². The maximum Gasteiger partial charge on any atom is 0.489 e. The number of methoxy groups -OCH3 is 1. The molecule has 37 heteroatoms. The van der Waals surface area contributed by atoms with Crippen LogP contribution >= 0.6 is 56.5 Å². The van der Waals surface area contributed by atoms with E-state index in [1.54, 1.807) is 85.8 Å². The number of aromatic nitrogens is 11. The summed E-state index contributed by atoms with van der Waals surface area (Å²) in [4.78, 5) is 44.6. The van der Waals surface area contributed by atoms with Gasteiger partial charge in [-0.05, 0) is 313 Å². The number of aromatic amines is 5. The first kappa shape index (κ1) is 111. The van der Waals surface area contributed by atoms with Gasteiger partial charge in [-0.25, -0.2) is 9.79 Å². The molecule has 32 nitrogen and oxygen atoms in total. The van der Waals surface area contributed by atoms with Gasteiger partial charge in [-0.3, -0.25) is 40.3 Å². The Kier molecular flexibility index (Phi) is 40.9. The zero-order valence-corrected chi connectivity index (χ0v) is 90.8. The number of thiophene rings is 1. The predicted molar refractivity (Wildman–Crippen MR) is 608 cm³/mol. The summed E-state index contributed by atoms with van der Waals surface area (Å²) < 4.78 is 11.3. The number of dihydropyridines is 2. The molecule has 0 bridgehead atoms. The van der Waals surface area contributed by atoms with Crippen LogP contribution in [0, 0.1) is 25.7 Å². The van der Waals surface area contributed by atoms with E-state index in [2.05, 4.69) is 241 Å². The molecular weight excluding hydrogens is 2080 g/mol. The number of Topliss-reactive ketones (excluding diaryl/α,β-unsaturated/α-hetero) is 1. The van der Waals surface area contributed by atoms with Gasteiger partial charge in [0.15, 0.2) is 5.78 Å². The van der Waals surface area contributed by atoms with E-state index in [0.717, 1.165) is 207 Å². The Morgan fingerprint density at radius 3 is 2.30 bits per heavy atom. The molecule has 146 heavy (non-hydrogen) atoms. The molecule has 0 fully saturated rings. The Labute approximate surface area is 888 Å². The first-order valence-corrected chi connectivity index (χ1v) is 53.4. The molecule has 9 aliphatic rings. The number of amides is 1. The molecule has 1 aromatic carbocycles. The fourth-order valence-corrected chi connectivity index (χ4v) is 21.9. The van der Waals surface area contributed by atoms with Gasteiger partial charge in [0.25, 0.3) is 0 Å². The van der Waals surface area contributed by atoms with Crippen LogP contribution < -0.4 is 38.0 Å². The van der Waals surface area contributed by atoms with Crippen molar-refractivity contribution in [1.82, 2.24) is 92.6 Å². The highest BCUT2D eigenvalue weighted by Gasteiger charge is 2.44. The summed E-state index contributed by atoms with van der Waals surface area (Å²) in [6.07, 6.45) is 57.6. The lowest BCUT2D eigenvalue weighted by Gasteiger charge is -2.41. The number of unbranched alkanes of at least 4 members (excludes halogenated alkanes) is 2. The van der Waals surface area contributed by atoms with E-state index < -0.39 is 25.9 Å². The van der Waals surface area contributed by atoms with Crippen LogP contribution in [0.5, 0.6) is 0 Å². The number of alkyl halides is 1. The van der Waals surface area contributed by atoms with Crippen molar-refractivity contribution >= 4 is 152 Å². The topological polar surface area (TPSA) is 452 Å². The zero-order valence-electron chi connectivity index (χ0n) is 85.7. The maximum absolute atomic E-state index is 12.9. The van der Waals surface area contributed by atoms with Gasteiger partial charge in [0.05, 0.1) is 118 Å². The van der Waals surface area contributed by atoms with E-state index in [1.807, 2.05) is 112 Å². The summed E-state index contributed by atoms with van der Waals surface area (Å²) in [5.74, 6) is 1.94. The molecule has 7 aromatic heterocycles. The number of benzene rings is 1. The number of hydrazone groups is 2. The van der Waals surface area contributed by atoms with E-state index in [0.29, 0.717) is 47.7 Å². The number of ether oxygens (including phenoxy) is 2. The highest BCUT2D eigenvalue weighted by Crippen LogP contribution is 2.49. The van der Waals surface area contributed by atoms with Crippen LogP contribution in [0.4, 0.5) is 10.5 Å². The lowest BCUT2D eigenvalue weighted by atomic mass is 9.70. The number of halogens is 2. The first-order valence-electron chi connectivity index (χ1n) is 50.2. The van der Waals surface area contributed by atoms with Crippen LogP contribution in [0.15, 0.2) is 251 Å². The van der Waals surface area contributed by atoms with Crippen molar-refractivity contribution < 1.29 is 44.3 Å². The molecule has 17 rings (SSSR count). The number of likely N-dealkylation sites (N-methyl/N-ethyl adjacent to an activating group) is 2. The smallest absolute Gasteiger partial charge is 0.489 e. The van der Waals surface area contributed by atoms with E-state index in [4.69, 9.17) is 25.2 Å². The Hall–Kier alpha value is -11.9. The van der Waals surface area contributed by atoms with Crippen molar-refractivity contribution in [2.75, 3.05) is 53.9 Å². The summed E-state index contributed by atoms with van der Waals surface area (Å²) in [6, 6.07) is 10.8. The predicted octanol–water partition coefficient (Wildman–Crippen LogP) is 17.5. The second-order valence-corrected chi connectivity index (χ2v) is 41.9. The lowest BCUT2D eigenvalue weighted by Crippen LogP contribution is -2.41. The van der Waals surface area contributed by atoms with Gasteiger partial charge in [0.1, 0.15) is 11.3 Å². The number of hydrogen-bond donors (Lipinski definition) is 16. The molecule has 8 aromatic rings. The van der Waals surface area contributed by atoms with Crippen LogP contribution in [0.2, 0.25) is 0 Å². The third-order valence-electron chi connectivity index (χ3n) is 26.7. The van der Waals surface area contributed by atoms with Gasteiger partial charge in [-0.15, -0.1) is 11.3 Å². The van der Waals surface area contributed by atoms with Gasteiger partial charge >= 0.3 is 20.3 Å². The largest absolute Gasteiger partial charge is 0.504 e. The molecule has 11 heterocycles. The van der Waals surface area contributed by atoms with Crippen LogP contribution in [-0.2, 0) is 15.9 Å². The molecule has 0 radical (unpaired) electrons. The SMILES string of the molecule is C=Cc1[nH]nc(C(=O)CCCNCCN(C)CC)c1/C=C/N=C(/C=C/CCCC)c1cn[nH]c1C.C=Cc1[nH]ncc1-c1cnc(C2=CC(I)C(O)C(I)=C2)cc1CCN(C)C(=O)OC(C)(C)C.CC1=NNC2C=CC3=C(C4=C(CC(N)CC4)C(c4cn[nH]c4C)N3)C12.CCCC1=C(C)C2=C(C=CC3NN=CC23)NC1c1cc(B(O)O)cs1.CO/C=C/C=C(\C=C\B(O)O)C(=Nc1ccc2[nH]ncc2c1)C1=CCCCC1. The summed E-state index contributed by atoms with van der Waals surface area (Å²) in [5, 5.41) is 106. The molecule has 0 spiro atoms. The lowest BCUT2D eigenvalue weighted by molar-refractivity contribution is 0.0300. The highest BCUT2D eigenvalue weighted by atomic mass is 127. The number of rotatable bonds is 35. The second-order valence-electron chi connectivity index (χ2n) is 38.3. The number of H-pyrrole nitrogens is 5. The number of fused-ring (bicyclic) bond motifs is 6. The van der Waals surface area contributed by atoms with Crippen LogP contribution in [0.1, 0.15) is 223 Å². The molecule has 17 N–H and O–H groups in total. The minimum atomic E-state index is -1.53. The quantitative estimate of drug-likeness (QED) is 0.00256. The molecule has 0 saturated carbocycles. The van der Waals surface area contributed by atoms with E-state index >= 15 is 0 Å². The van der Waals surface area contributed by atoms with Gasteiger partial charge in [0, 0.05) is 134 Å². The van der Waals surface area contributed by atoms with Gasteiger partial charge in [-0.2, -0.15) is 35.7 Å². The van der Waals surface area contributed by atoms with E-state index in [9.17, 15) is 34.8 Å². The number of pyridine rings is 1. The molecule has 5 aliphatic carbocycles. The normalized spacial score (nSPS) is 20.6. The van der Waals surface area contributed by atoms with Gasteiger partial charge in [0.2, 0.25) is 0 Å². The standard InChI is InChI=1S/C27H41N7O.C24H28I2N4O3.C21H24BN3O3.C19H24N6.C18H22BN3O2S/c1-6-9-10-11-13-25(23-20-30-31-21(23)4)29-17-15-22-24(7-2)32-33-27(22)26(35)14-12-16-28-18-19-34(5)8-3;1-6-20-17(13-28-29-20)16-12-27-21(15-9-18(25)22(31)19(26)10-15)11-14(16)7-8-30(5)23(32)33-24(2,3)4;1-28-13-5-8-17(11-12-22(26)27)21(16-6-3-2-4-7-16)24-19-9-10-20-18(14-19)15-23-25-20;1-9-14(8-21-23-9)19-13-7-11(20)3-4-12(13)18-15(22-19)5-6-16-17(18)10(2)24-25-16;1-3-4-12-10(2)17-13-8-20-22-14(13)5-6-15(17)21-18(12)16-7-11(9-25-16)19(23)24/h7,11,13,15,17,20,28H,2,6,8-10,12,14,16,18-19H2,1,3-5H3,(H,30,31)(H,32,33);6,9-13,18,22,31H,1,7-8H2,2-5H3,(H,28,29);5-6,8-15,26-27H,2-4,7H2,1H3,(H,23,25);5-6,8,11,16-17,19,22,25H,3-4,7,20H2,1-2H3,(H,21,23);5-9,13-14,18,21-24H,3-4H2,1-2H3/b13-11+,17-15+,29-25-;;12-11+,13-5+,17-8+,24-21?;;. The number of nitrogens with two attached hydrogens (primary N) is 1. The summed E-state index contributed by atoms with van der Waals surface area (Å²) in [7, 11) is 2.47. The third-order valence-corrected chi connectivity index (χ3v) is 29.7. The molecule has 1 amide bonds. The number of carbonyl (C=O) groups is 2. The van der Waals surface area contributed by atoms with Crippen LogP contribution in [0.25, 0.3) is 45.8 Å². The number of hydrogen-bond acceptors (Lipinski definition) is 27. The fraction of sp³-hybridized carbons (Fsp3) is 0.394. The molecule has 9 unspecified atom stereocenters. The first-order chi connectivity index (χ1) is 70.4. The van der Waals surface area contributed by atoms with E-state index in [-0.39, 0.29) is 51.9 Å². The number of carbonyl (C=O) groups excluding carboxylic acids is 2. The number of allylic oxidation sites excluding steroid dienone is 14. The second kappa shape index (κ2) is 53.6. The Morgan fingerprint density at radius 1 is 0.829 bits per heavy atom. The van der Waals surface area contributed by atoms with Gasteiger partial charge < -0.3 is 77.0 Å². The number of aliphatic hydroxyl groups is 1. The zero-order chi connectivity index (χ0) is 104. The Morgan fingerprint density at radius 2 is 1.60 bits per heavy atom. The van der Waals surface area contributed by atoms with Crippen molar-refractivity contribution in [2.24, 2.45) is 37.8 Å². The molecule has 9 atom stereocenters. The summed E-state index contributed by atoms with van der Waals surface area (Å²) >= 11 is 5.98. The van der Waals surface area contributed by atoms with Crippen molar-refractivity contribution in [3.8, 4) is 11.1 Å². The molecular formula is C109H139B2I2N23O9S. The highest BCUT2D eigenvalue weighted by molar-refractivity contribution is 14.1. The molecule has 4 aliphatic heterocycles. The van der Waals surface area contributed by atoms with Crippen LogP contribution in [0.3, 0.4) is 0 Å². The average Bonchev–Trinajstić information content (AvgIpc) is 1.44. The summed E-state index contributed by atoms with van der Waals surface area (Å²) in [6.45, 7) is 32.4. The van der Waals surface area contributed by atoms with Gasteiger partial charge in [-0.1, -0.05) is 118 Å². The van der Waals surface area contributed by atoms with Crippen LogP contribution in [-0.4, -0.2) is 228 Å². The van der Waals surface area contributed by atoms with Crippen molar-refractivity contribution in [3.63, 3.8) is 0 Å². The minimum Gasteiger partial charge on any atom is -0.504 e. The molecule has 0 saturated heterocycles. The van der Waals surface area contributed by atoms with Crippen molar-refractivity contribution in [3.05, 3.63) is 292 Å². The Balaban J connectivity index is 0.000000153. The average molecular weight is 2220 g/mol. The Bertz CT molecular complexity index is 6530. The number of aryl methyl sites for hydroxylation is 2. The minimum absolute atomic E-state index is 0.0100. The van der Waals surface area contributed by atoms with E-state index in [1.165, 1.54) is 62.8 Å². The number of aliphatic hydroxyl groups excluding tert-OH is 1. The fourth-order valence-electron chi connectivity index (χ4n) is 18.7. The third kappa shape index (κ3) is 28.9. The number of nitrogens with one attached hydrogen (secondary N) is 10. The van der Waals surface area contributed by atoms with Crippen molar-refractivity contribution in [2.45, 2.75) is 211 Å². The number of aliphatic imine (C=N–C) groups is 2. The number of nitrogens with zero attached hydrogens (tertiary/aromatic N) is 12.